The monoisotopic (exact) mass is 275 g/mol. The Bertz CT molecular complexity index is 344. The van der Waals surface area contributed by atoms with Crippen LogP contribution in [0.25, 0.3) is 0 Å². The molecule has 1 rings (SSSR count). The molecule has 0 bridgehead atoms. The van der Waals surface area contributed by atoms with E-state index < -0.39 is 0 Å². The zero-order chi connectivity index (χ0) is 12.7. The molecule has 0 saturated heterocycles. The van der Waals surface area contributed by atoms with Crippen LogP contribution in [0.3, 0.4) is 0 Å². The average molecular weight is 276 g/mol. The van der Waals surface area contributed by atoms with Crippen molar-refractivity contribution in [3.63, 3.8) is 0 Å². The fraction of sp³-hybridized carbons (Fsp3) is 0.538. The van der Waals surface area contributed by atoms with Gasteiger partial charge in [-0.1, -0.05) is 36.2 Å². The summed E-state index contributed by atoms with van der Waals surface area (Å²) in [5, 5.41) is 13.6. The van der Waals surface area contributed by atoms with Gasteiger partial charge in [0, 0.05) is 23.2 Å². The van der Waals surface area contributed by atoms with Gasteiger partial charge in [0.2, 0.25) is 0 Å². The maximum atomic E-state index is 8.88. The summed E-state index contributed by atoms with van der Waals surface area (Å²) < 4.78 is 0. The topological polar surface area (TPSA) is 32.3 Å². The summed E-state index contributed by atoms with van der Waals surface area (Å²) in [7, 11) is 0. The summed E-state index contributed by atoms with van der Waals surface area (Å²) in [4.78, 5) is 0. The molecule has 1 unspecified atom stereocenters. The molecule has 0 amide bonds. The van der Waals surface area contributed by atoms with E-state index in [1.807, 2.05) is 12.1 Å². The minimum atomic E-state index is 0.267. The number of rotatable bonds is 7. The Morgan fingerprint density at radius 1 is 1.35 bits per heavy atom. The van der Waals surface area contributed by atoms with Crippen LogP contribution in [0, 0.1) is 5.92 Å². The lowest BCUT2D eigenvalue weighted by molar-refractivity contribution is 0.228. The molecular formula is C13H19Cl2NO. The SMILES string of the molecule is CC(CO)CCCNCc1ccc(Cl)cc1Cl. The molecule has 1 atom stereocenters. The van der Waals surface area contributed by atoms with Crippen LogP contribution in [0.5, 0.6) is 0 Å². The molecule has 1 aromatic carbocycles. The Morgan fingerprint density at radius 2 is 2.12 bits per heavy atom. The highest BCUT2D eigenvalue weighted by Gasteiger charge is 2.02. The van der Waals surface area contributed by atoms with E-state index in [0.29, 0.717) is 16.0 Å². The first-order chi connectivity index (χ1) is 8.13. The van der Waals surface area contributed by atoms with Gasteiger partial charge < -0.3 is 10.4 Å². The van der Waals surface area contributed by atoms with Crippen LogP contribution in [0.4, 0.5) is 0 Å². The average Bonchev–Trinajstić information content (AvgIpc) is 2.30. The standard InChI is InChI=1S/C13H19Cl2NO/c1-10(9-17)3-2-6-16-8-11-4-5-12(14)7-13(11)15/h4-5,7,10,16-17H,2-3,6,8-9H2,1H3. The van der Waals surface area contributed by atoms with Crippen LogP contribution in [0.2, 0.25) is 10.0 Å². The van der Waals surface area contributed by atoms with Gasteiger partial charge in [-0.25, -0.2) is 0 Å². The van der Waals surface area contributed by atoms with E-state index in [1.165, 1.54) is 0 Å². The summed E-state index contributed by atoms with van der Waals surface area (Å²) in [5.41, 5.74) is 1.06. The van der Waals surface area contributed by atoms with Gasteiger partial charge in [-0.3, -0.25) is 0 Å². The molecule has 0 aliphatic carbocycles. The Balaban J connectivity index is 2.22. The summed E-state index contributed by atoms with van der Waals surface area (Å²) >= 11 is 11.9. The van der Waals surface area contributed by atoms with Gasteiger partial charge in [0.15, 0.2) is 0 Å². The molecule has 2 nitrogen and oxygen atoms in total. The molecule has 0 heterocycles. The minimum Gasteiger partial charge on any atom is -0.396 e. The highest BCUT2D eigenvalue weighted by molar-refractivity contribution is 6.35. The van der Waals surface area contributed by atoms with Gasteiger partial charge in [0.25, 0.3) is 0 Å². The predicted molar refractivity (Wildman–Crippen MR) is 73.7 cm³/mol. The van der Waals surface area contributed by atoms with Gasteiger partial charge in [0.1, 0.15) is 0 Å². The summed E-state index contributed by atoms with van der Waals surface area (Å²) in [6.45, 7) is 4.01. The maximum absolute atomic E-state index is 8.88. The van der Waals surface area contributed by atoms with E-state index in [9.17, 15) is 0 Å². The van der Waals surface area contributed by atoms with E-state index in [1.54, 1.807) is 6.07 Å². The highest BCUT2D eigenvalue weighted by Crippen LogP contribution is 2.20. The summed E-state index contributed by atoms with van der Waals surface area (Å²) in [5.74, 6) is 0.385. The Morgan fingerprint density at radius 3 is 2.76 bits per heavy atom. The molecule has 2 N–H and O–H groups in total. The van der Waals surface area contributed by atoms with Crippen molar-refractivity contribution in [1.29, 1.82) is 0 Å². The smallest absolute Gasteiger partial charge is 0.0465 e. The highest BCUT2D eigenvalue weighted by atomic mass is 35.5. The van der Waals surface area contributed by atoms with Gasteiger partial charge in [-0.15, -0.1) is 0 Å². The predicted octanol–water partition coefficient (Wildman–Crippen LogP) is 3.49. The van der Waals surface area contributed by atoms with E-state index in [0.717, 1.165) is 31.5 Å². The van der Waals surface area contributed by atoms with Crippen LogP contribution >= 0.6 is 23.2 Å². The van der Waals surface area contributed by atoms with Gasteiger partial charge >= 0.3 is 0 Å². The van der Waals surface area contributed by atoms with Crippen LogP contribution in [0.1, 0.15) is 25.3 Å². The van der Waals surface area contributed by atoms with Crippen molar-refractivity contribution in [1.82, 2.24) is 5.32 Å². The van der Waals surface area contributed by atoms with Crippen molar-refractivity contribution in [3.8, 4) is 0 Å². The molecule has 1 aromatic rings. The first-order valence-electron chi connectivity index (χ1n) is 5.89. The van der Waals surface area contributed by atoms with Gasteiger partial charge in [0.05, 0.1) is 0 Å². The normalized spacial score (nSPS) is 12.7. The minimum absolute atomic E-state index is 0.267. The Labute approximate surface area is 113 Å². The van der Waals surface area contributed by atoms with E-state index >= 15 is 0 Å². The Kier molecular flexibility index (Phi) is 6.90. The molecule has 0 aliphatic heterocycles. The Hall–Kier alpha value is -0.280. The summed E-state index contributed by atoms with van der Waals surface area (Å²) in [6.07, 6.45) is 2.10. The van der Waals surface area contributed by atoms with Gasteiger partial charge in [-0.05, 0) is 43.0 Å². The van der Waals surface area contributed by atoms with Crippen LogP contribution in [0.15, 0.2) is 18.2 Å². The maximum Gasteiger partial charge on any atom is 0.0465 e. The second-order valence-corrected chi connectivity index (χ2v) is 5.19. The third-order valence-electron chi connectivity index (χ3n) is 2.69. The lowest BCUT2D eigenvalue weighted by Gasteiger charge is -2.09. The molecular weight excluding hydrogens is 257 g/mol. The number of aliphatic hydroxyl groups is 1. The molecule has 17 heavy (non-hydrogen) atoms. The molecule has 0 fully saturated rings. The van der Waals surface area contributed by atoms with Crippen molar-refractivity contribution >= 4 is 23.2 Å². The molecule has 96 valence electrons. The number of halogens is 2. The molecule has 4 heteroatoms. The first-order valence-corrected chi connectivity index (χ1v) is 6.64. The number of benzene rings is 1. The van der Waals surface area contributed by atoms with Crippen LogP contribution in [-0.4, -0.2) is 18.3 Å². The fourth-order valence-electron chi connectivity index (χ4n) is 1.55. The lowest BCUT2D eigenvalue weighted by Crippen LogP contribution is -2.16. The lowest BCUT2D eigenvalue weighted by atomic mass is 10.1. The molecule has 0 saturated carbocycles. The molecule has 0 spiro atoms. The quantitative estimate of drug-likeness (QED) is 0.747. The number of hydrogen-bond donors (Lipinski definition) is 2. The van der Waals surface area contributed by atoms with E-state index in [2.05, 4.69) is 12.2 Å². The largest absolute Gasteiger partial charge is 0.396 e. The van der Waals surface area contributed by atoms with Crippen molar-refractivity contribution in [2.75, 3.05) is 13.2 Å². The molecule has 0 radical (unpaired) electrons. The van der Waals surface area contributed by atoms with Crippen molar-refractivity contribution in [2.45, 2.75) is 26.3 Å². The summed E-state index contributed by atoms with van der Waals surface area (Å²) in [6, 6.07) is 5.54. The number of nitrogens with one attached hydrogen (secondary N) is 1. The van der Waals surface area contributed by atoms with Gasteiger partial charge in [-0.2, -0.15) is 0 Å². The number of hydrogen-bond acceptors (Lipinski definition) is 2. The van der Waals surface area contributed by atoms with E-state index in [-0.39, 0.29) is 6.61 Å². The third-order valence-corrected chi connectivity index (χ3v) is 3.28. The second kappa shape index (κ2) is 7.93. The van der Waals surface area contributed by atoms with E-state index in [4.69, 9.17) is 28.3 Å². The number of aliphatic hydroxyl groups excluding tert-OH is 1. The van der Waals surface area contributed by atoms with Crippen molar-refractivity contribution < 1.29 is 5.11 Å². The first kappa shape index (κ1) is 14.8. The second-order valence-electron chi connectivity index (χ2n) is 4.34. The van der Waals surface area contributed by atoms with Crippen molar-refractivity contribution in [3.05, 3.63) is 33.8 Å². The molecule has 0 aromatic heterocycles. The fourth-order valence-corrected chi connectivity index (χ4v) is 2.03. The third kappa shape index (κ3) is 5.73. The molecule has 0 aliphatic rings. The van der Waals surface area contributed by atoms with Crippen LogP contribution < -0.4 is 5.32 Å². The zero-order valence-electron chi connectivity index (χ0n) is 10.0. The zero-order valence-corrected chi connectivity index (χ0v) is 11.6. The van der Waals surface area contributed by atoms with Crippen LogP contribution in [-0.2, 0) is 6.54 Å². The van der Waals surface area contributed by atoms with Crippen molar-refractivity contribution in [2.24, 2.45) is 5.92 Å².